The predicted molar refractivity (Wildman–Crippen MR) is 174 cm³/mol. The molecule has 0 radical (unpaired) electrons. The van der Waals surface area contributed by atoms with Gasteiger partial charge in [-0.25, -0.2) is 19.4 Å². The van der Waals surface area contributed by atoms with E-state index < -0.39 is 61.1 Å². The molecule has 1 N–H and O–H groups in total. The number of benzene rings is 2. The van der Waals surface area contributed by atoms with E-state index in [4.69, 9.17) is 47.7 Å². The second-order valence-corrected chi connectivity index (χ2v) is 11.5. The summed E-state index contributed by atoms with van der Waals surface area (Å²) in [5.74, 6) is -0.885. The van der Waals surface area contributed by atoms with Crippen molar-refractivity contribution in [3.05, 3.63) is 83.6 Å². The lowest BCUT2D eigenvalue weighted by atomic mass is 9.98. The minimum atomic E-state index is -1.34. The normalized spacial score (nSPS) is 26.8. The molecule has 2 aromatic carbocycles. The maximum atomic E-state index is 13.4. The molecule has 270 valence electrons. The highest BCUT2D eigenvalue weighted by atomic mass is 17.2. The molecule has 4 rings (SSSR count). The van der Waals surface area contributed by atoms with Gasteiger partial charge in [-0.3, -0.25) is 0 Å². The summed E-state index contributed by atoms with van der Waals surface area (Å²) < 4.78 is 48.5. The molecule has 1 fully saturated rings. The lowest BCUT2D eigenvalue weighted by Gasteiger charge is -2.45. The Morgan fingerprint density at radius 3 is 2.08 bits per heavy atom. The van der Waals surface area contributed by atoms with E-state index in [-0.39, 0.29) is 25.4 Å². The van der Waals surface area contributed by atoms with E-state index in [1.165, 1.54) is 14.2 Å². The average molecular weight is 689 g/mol. The maximum Gasteiger partial charge on any atom is 0.338 e. The van der Waals surface area contributed by atoms with E-state index in [0.717, 1.165) is 19.3 Å². The van der Waals surface area contributed by atoms with Gasteiger partial charge in [0.1, 0.15) is 49.5 Å². The van der Waals surface area contributed by atoms with Gasteiger partial charge in [-0.1, -0.05) is 63.1 Å². The van der Waals surface area contributed by atoms with Crippen LogP contribution in [0.2, 0.25) is 0 Å². The fraction of sp³-hybridized carbons (Fsp3) is 0.556. The summed E-state index contributed by atoms with van der Waals surface area (Å²) in [6.45, 7) is 4.24. The van der Waals surface area contributed by atoms with Crippen LogP contribution in [0.25, 0.3) is 0 Å². The van der Waals surface area contributed by atoms with Gasteiger partial charge in [0.2, 0.25) is 0 Å². The molecule has 1 saturated heterocycles. The van der Waals surface area contributed by atoms with E-state index in [9.17, 15) is 14.7 Å². The van der Waals surface area contributed by atoms with Crippen LogP contribution >= 0.6 is 0 Å². The molecule has 2 aliphatic rings. The number of aliphatic hydroxyl groups excluding tert-OH is 1. The third kappa shape index (κ3) is 11.0. The van der Waals surface area contributed by atoms with Crippen molar-refractivity contribution < 1.29 is 62.4 Å². The number of carbonyl (C=O) groups excluding carboxylic acids is 2. The van der Waals surface area contributed by atoms with Gasteiger partial charge < -0.3 is 43.0 Å². The Labute approximate surface area is 287 Å². The number of hydrogen-bond donors (Lipinski definition) is 1. The molecule has 0 amide bonds. The summed E-state index contributed by atoms with van der Waals surface area (Å²) in [6.07, 6.45) is -4.04. The first-order valence-electron chi connectivity index (χ1n) is 16.7. The molecule has 49 heavy (non-hydrogen) atoms. The Morgan fingerprint density at radius 2 is 1.45 bits per heavy atom. The van der Waals surface area contributed by atoms with Gasteiger partial charge in [0, 0.05) is 19.8 Å². The minimum Gasteiger partial charge on any atom is -0.495 e. The average Bonchev–Trinajstić information content (AvgIpc) is 3.13. The Morgan fingerprint density at radius 1 is 0.796 bits per heavy atom. The predicted octanol–water partition coefficient (Wildman–Crippen LogP) is 4.38. The number of carbonyl (C=O) groups is 2. The number of rotatable bonds is 19. The fourth-order valence-electron chi connectivity index (χ4n) is 5.24. The van der Waals surface area contributed by atoms with Gasteiger partial charge in [-0.2, -0.15) is 0 Å². The first-order chi connectivity index (χ1) is 23.9. The van der Waals surface area contributed by atoms with Crippen molar-refractivity contribution in [2.24, 2.45) is 0 Å². The van der Waals surface area contributed by atoms with Gasteiger partial charge in [0.25, 0.3) is 0 Å². The monoisotopic (exact) mass is 688 g/mol. The van der Waals surface area contributed by atoms with Crippen LogP contribution < -0.4 is 0 Å². The number of aliphatic hydroxyl groups is 1. The molecule has 2 aromatic rings. The molecular formula is C36H48O13. The van der Waals surface area contributed by atoms with Gasteiger partial charge in [-0.05, 0) is 37.1 Å². The van der Waals surface area contributed by atoms with Crippen LogP contribution in [0.4, 0.5) is 0 Å². The molecule has 4 unspecified atom stereocenters. The van der Waals surface area contributed by atoms with Crippen molar-refractivity contribution >= 4 is 11.9 Å². The Balaban J connectivity index is 1.68. The molecule has 0 saturated carbocycles. The van der Waals surface area contributed by atoms with E-state index in [1.54, 1.807) is 66.7 Å². The summed E-state index contributed by atoms with van der Waals surface area (Å²) >= 11 is 0. The van der Waals surface area contributed by atoms with Crippen molar-refractivity contribution in [1.29, 1.82) is 0 Å². The summed E-state index contributed by atoms with van der Waals surface area (Å²) in [6, 6.07) is 17.0. The molecule has 2 heterocycles. The first-order valence-corrected chi connectivity index (χ1v) is 16.7. The van der Waals surface area contributed by atoms with Gasteiger partial charge in [0.05, 0.1) is 24.8 Å². The van der Waals surface area contributed by atoms with Crippen molar-refractivity contribution in [2.45, 2.75) is 88.7 Å². The zero-order valence-corrected chi connectivity index (χ0v) is 28.5. The highest BCUT2D eigenvalue weighted by Gasteiger charge is 2.51. The lowest BCUT2D eigenvalue weighted by Crippen LogP contribution is -2.63. The van der Waals surface area contributed by atoms with E-state index in [1.807, 2.05) is 13.8 Å². The fourth-order valence-corrected chi connectivity index (χ4v) is 5.24. The summed E-state index contributed by atoms with van der Waals surface area (Å²) in [5.41, 5.74) is 0.644. The minimum absolute atomic E-state index is 0.189. The standard InChI is InChI=1S/C36H48O13/c1-5-7-19-42-26-21-29(40-3)46-28(22-44-34(38)24-15-11-9-12-16-24)31(26)49-36-33(48-35(39)25-17-13-10-14-18-25)32(43-20-8-6-2)30(37)27(47-36)23-45-41-4/h9-18,21,27-33,36-37H,5-8,19-20,22-23H2,1-4H3/t27?,28?,29-,30+,31-,32?,33?,36-/m0/s1. The SMILES string of the molecule is CCCCOC1=C[C@@H](OC)OC(COC(=O)c2ccccc2)[C@H]1O[C@@H]1OC(COOC)[C@@H](O)C(OCCCC)C1OC(=O)c1ccccc1. The van der Waals surface area contributed by atoms with Crippen molar-refractivity contribution in [3.8, 4) is 0 Å². The summed E-state index contributed by atoms with van der Waals surface area (Å²) in [7, 11) is 2.81. The smallest absolute Gasteiger partial charge is 0.338 e. The number of unbranched alkanes of at least 4 members (excludes halogenated alkanes) is 2. The second-order valence-electron chi connectivity index (χ2n) is 11.5. The van der Waals surface area contributed by atoms with E-state index >= 15 is 0 Å². The molecule has 0 spiro atoms. The molecule has 0 aliphatic carbocycles. The highest BCUT2D eigenvalue weighted by molar-refractivity contribution is 5.89. The zero-order valence-electron chi connectivity index (χ0n) is 28.5. The molecule has 8 atom stereocenters. The number of hydrogen-bond acceptors (Lipinski definition) is 13. The topological polar surface area (TPSA) is 147 Å². The zero-order chi connectivity index (χ0) is 35.0. The Hall–Kier alpha value is -3.40. The summed E-state index contributed by atoms with van der Waals surface area (Å²) in [5, 5.41) is 11.4. The number of esters is 2. The summed E-state index contributed by atoms with van der Waals surface area (Å²) in [4.78, 5) is 36.3. The van der Waals surface area contributed by atoms with Crippen LogP contribution in [0.15, 0.2) is 72.5 Å². The highest BCUT2D eigenvalue weighted by Crippen LogP contribution is 2.33. The van der Waals surface area contributed by atoms with Gasteiger partial charge in [-0.15, -0.1) is 0 Å². The molecule has 0 bridgehead atoms. The Bertz CT molecular complexity index is 1290. The van der Waals surface area contributed by atoms with Crippen molar-refractivity contribution in [2.75, 3.05) is 40.6 Å². The maximum absolute atomic E-state index is 13.4. The molecular weight excluding hydrogens is 640 g/mol. The number of methoxy groups -OCH3 is 1. The number of ether oxygens (including phenoxy) is 8. The molecule has 2 aliphatic heterocycles. The molecule has 13 nitrogen and oxygen atoms in total. The van der Waals surface area contributed by atoms with Crippen LogP contribution in [0.1, 0.15) is 60.2 Å². The largest absolute Gasteiger partial charge is 0.495 e. The third-order valence-electron chi connectivity index (χ3n) is 7.92. The third-order valence-corrected chi connectivity index (χ3v) is 7.92. The van der Waals surface area contributed by atoms with Gasteiger partial charge >= 0.3 is 11.9 Å². The van der Waals surface area contributed by atoms with E-state index in [2.05, 4.69) is 0 Å². The van der Waals surface area contributed by atoms with E-state index in [0.29, 0.717) is 24.4 Å². The lowest BCUT2D eigenvalue weighted by molar-refractivity contribution is -0.353. The first kappa shape index (κ1) is 38.4. The van der Waals surface area contributed by atoms with Crippen LogP contribution in [0, 0.1) is 0 Å². The second kappa shape index (κ2) is 20.3. The van der Waals surface area contributed by atoms with Crippen LogP contribution in [0.5, 0.6) is 0 Å². The van der Waals surface area contributed by atoms with Crippen LogP contribution in [-0.4, -0.2) is 107 Å². The van der Waals surface area contributed by atoms with Crippen molar-refractivity contribution in [3.63, 3.8) is 0 Å². The Kier molecular flexibility index (Phi) is 15.9. The van der Waals surface area contributed by atoms with Crippen LogP contribution in [0.3, 0.4) is 0 Å². The molecule has 13 heteroatoms. The van der Waals surface area contributed by atoms with Gasteiger partial charge in [0.15, 0.2) is 18.7 Å². The quantitative estimate of drug-likeness (QED) is 0.0965. The van der Waals surface area contributed by atoms with Crippen molar-refractivity contribution in [1.82, 2.24) is 0 Å². The van der Waals surface area contributed by atoms with Crippen LogP contribution in [-0.2, 0) is 47.7 Å². The molecule has 0 aromatic heterocycles.